The van der Waals surface area contributed by atoms with Crippen LogP contribution in [0.1, 0.15) is 16.1 Å². The van der Waals surface area contributed by atoms with Crippen molar-refractivity contribution in [1.82, 2.24) is 0 Å². The molecule has 8 heteroatoms. The lowest BCUT2D eigenvalue weighted by Gasteiger charge is -2.13. The van der Waals surface area contributed by atoms with E-state index in [2.05, 4.69) is 10.0 Å². The summed E-state index contributed by atoms with van der Waals surface area (Å²) in [7, 11) is -3.76. The third-order valence-corrected chi connectivity index (χ3v) is 5.23. The summed E-state index contributed by atoms with van der Waals surface area (Å²) in [6.45, 7) is 1.75. The molecule has 0 saturated carbocycles. The summed E-state index contributed by atoms with van der Waals surface area (Å²) in [4.78, 5) is 12.4. The van der Waals surface area contributed by atoms with Crippen LogP contribution in [0.15, 0.2) is 77.8 Å². The molecule has 0 aliphatic rings. The summed E-state index contributed by atoms with van der Waals surface area (Å²) >= 11 is 0. The van der Waals surface area contributed by atoms with E-state index in [0.29, 0.717) is 21.7 Å². The van der Waals surface area contributed by atoms with Gasteiger partial charge in [-0.15, -0.1) is 0 Å². The minimum atomic E-state index is -3.76. The van der Waals surface area contributed by atoms with Gasteiger partial charge in [0.15, 0.2) is 6.20 Å². The molecule has 27 heavy (non-hydrogen) atoms. The minimum Gasteiger partial charge on any atom is -0.618 e. The molecule has 1 amide bonds. The summed E-state index contributed by atoms with van der Waals surface area (Å²) in [5.41, 5.74) is 1.32. The van der Waals surface area contributed by atoms with Crippen molar-refractivity contribution in [3.05, 3.63) is 89.4 Å². The van der Waals surface area contributed by atoms with E-state index in [1.165, 1.54) is 36.5 Å². The number of carbonyl (C=O) groups is 1. The Bertz CT molecular complexity index is 1080. The number of rotatable bonds is 5. The van der Waals surface area contributed by atoms with Crippen LogP contribution in [-0.4, -0.2) is 14.3 Å². The van der Waals surface area contributed by atoms with Crippen molar-refractivity contribution in [2.24, 2.45) is 0 Å². The number of sulfonamides is 1. The average Bonchev–Trinajstić information content (AvgIpc) is 2.65. The van der Waals surface area contributed by atoms with Gasteiger partial charge in [0.25, 0.3) is 15.7 Å². The van der Waals surface area contributed by atoms with Gasteiger partial charge in [-0.05, 0) is 42.8 Å². The Balaban J connectivity index is 1.85. The van der Waals surface area contributed by atoms with Gasteiger partial charge in [0.2, 0.25) is 0 Å². The first-order valence-electron chi connectivity index (χ1n) is 8.05. The zero-order valence-electron chi connectivity index (χ0n) is 14.4. The first-order chi connectivity index (χ1) is 12.9. The Kier molecular flexibility index (Phi) is 5.09. The van der Waals surface area contributed by atoms with Crippen LogP contribution in [0, 0.1) is 12.1 Å². The first kappa shape index (κ1) is 18.4. The van der Waals surface area contributed by atoms with E-state index in [1.54, 1.807) is 43.3 Å². The number of aryl methyl sites for hydroxylation is 1. The van der Waals surface area contributed by atoms with Crippen LogP contribution in [0.5, 0.6) is 0 Å². The standard InChI is InChI=1S/C19H17N3O4S/c1-14-10-11-15(20-19(23)18-9-5-6-12-22(18)24)13-17(14)21-27(25,26)16-7-3-2-4-8-16/h2-13,21H,1H3,(H,20,23). The molecule has 0 saturated heterocycles. The Morgan fingerprint density at radius 3 is 2.41 bits per heavy atom. The lowest BCUT2D eigenvalue weighted by Crippen LogP contribution is -2.36. The number of hydrogen-bond donors (Lipinski definition) is 2. The number of aromatic nitrogens is 1. The van der Waals surface area contributed by atoms with Crippen LogP contribution < -0.4 is 14.8 Å². The highest BCUT2D eigenvalue weighted by Gasteiger charge is 2.17. The summed E-state index contributed by atoms with van der Waals surface area (Å²) in [6, 6.07) is 17.3. The van der Waals surface area contributed by atoms with Gasteiger partial charge in [-0.2, -0.15) is 4.73 Å². The molecule has 138 valence electrons. The van der Waals surface area contributed by atoms with Crippen molar-refractivity contribution in [1.29, 1.82) is 0 Å². The molecular weight excluding hydrogens is 366 g/mol. The number of pyridine rings is 1. The van der Waals surface area contributed by atoms with Gasteiger partial charge in [0.05, 0.1) is 10.6 Å². The van der Waals surface area contributed by atoms with Gasteiger partial charge in [0, 0.05) is 17.8 Å². The van der Waals surface area contributed by atoms with E-state index >= 15 is 0 Å². The van der Waals surface area contributed by atoms with E-state index in [9.17, 15) is 18.4 Å². The van der Waals surface area contributed by atoms with Gasteiger partial charge in [-0.1, -0.05) is 24.3 Å². The highest BCUT2D eigenvalue weighted by molar-refractivity contribution is 7.92. The number of amides is 1. The Morgan fingerprint density at radius 2 is 1.70 bits per heavy atom. The molecule has 2 N–H and O–H groups in total. The summed E-state index contributed by atoms with van der Waals surface area (Å²) < 4.78 is 28.0. The third-order valence-electron chi connectivity index (χ3n) is 3.85. The van der Waals surface area contributed by atoms with E-state index in [0.717, 1.165) is 0 Å². The van der Waals surface area contributed by atoms with Gasteiger partial charge in [0.1, 0.15) is 0 Å². The van der Waals surface area contributed by atoms with Gasteiger partial charge in [-0.3, -0.25) is 9.52 Å². The smallest absolute Gasteiger partial charge is 0.321 e. The summed E-state index contributed by atoms with van der Waals surface area (Å²) in [5, 5.41) is 14.3. The number of hydrogen-bond acceptors (Lipinski definition) is 4. The predicted molar refractivity (Wildman–Crippen MR) is 102 cm³/mol. The Hall–Kier alpha value is -3.39. The van der Waals surface area contributed by atoms with E-state index in [-0.39, 0.29) is 10.6 Å². The van der Waals surface area contributed by atoms with E-state index < -0.39 is 15.9 Å². The second-order valence-electron chi connectivity index (χ2n) is 5.81. The van der Waals surface area contributed by atoms with Crippen molar-refractivity contribution < 1.29 is 17.9 Å². The molecule has 0 bridgehead atoms. The number of carbonyl (C=O) groups excluding carboxylic acids is 1. The molecule has 0 aliphatic carbocycles. The van der Waals surface area contributed by atoms with Crippen LogP contribution in [0.4, 0.5) is 11.4 Å². The summed E-state index contributed by atoms with van der Waals surface area (Å²) in [6.07, 6.45) is 1.23. The normalized spacial score (nSPS) is 11.0. The van der Waals surface area contributed by atoms with Crippen LogP contribution in [-0.2, 0) is 10.0 Å². The van der Waals surface area contributed by atoms with Gasteiger partial charge in [-0.25, -0.2) is 8.42 Å². The SMILES string of the molecule is Cc1ccc(NC(=O)c2cccc[n+]2[O-])cc1NS(=O)(=O)c1ccccc1. The molecule has 2 aromatic carbocycles. The van der Waals surface area contributed by atoms with Crippen molar-refractivity contribution in [3.63, 3.8) is 0 Å². The molecule has 3 aromatic rings. The van der Waals surface area contributed by atoms with Crippen molar-refractivity contribution in [2.45, 2.75) is 11.8 Å². The Labute approximate surface area is 156 Å². The molecule has 1 aromatic heterocycles. The number of benzene rings is 2. The Morgan fingerprint density at radius 1 is 1.00 bits per heavy atom. The molecule has 1 heterocycles. The molecule has 7 nitrogen and oxygen atoms in total. The zero-order valence-corrected chi connectivity index (χ0v) is 15.2. The van der Waals surface area contributed by atoms with Crippen molar-refractivity contribution in [3.8, 4) is 0 Å². The highest BCUT2D eigenvalue weighted by Crippen LogP contribution is 2.23. The minimum absolute atomic E-state index is 0.0653. The molecule has 0 atom stereocenters. The average molecular weight is 383 g/mol. The number of nitrogens with zero attached hydrogens (tertiary/aromatic N) is 1. The van der Waals surface area contributed by atoms with E-state index in [1.807, 2.05) is 0 Å². The molecule has 0 radical (unpaired) electrons. The van der Waals surface area contributed by atoms with Gasteiger partial charge < -0.3 is 10.5 Å². The van der Waals surface area contributed by atoms with Crippen LogP contribution >= 0.6 is 0 Å². The second kappa shape index (κ2) is 7.46. The topological polar surface area (TPSA) is 102 Å². The van der Waals surface area contributed by atoms with Crippen LogP contribution in [0.3, 0.4) is 0 Å². The fourth-order valence-electron chi connectivity index (χ4n) is 2.41. The van der Waals surface area contributed by atoms with Crippen LogP contribution in [0.2, 0.25) is 0 Å². The van der Waals surface area contributed by atoms with Crippen LogP contribution in [0.25, 0.3) is 0 Å². The lowest BCUT2D eigenvalue weighted by atomic mass is 10.2. The highest BCUT2D eigenvalue weighted by atomic mass is 32.2. The third kappa shape index (κ3) is 4.24. The lowest BCUT2D eigenvalue weighted by molar-refractivity contribution is -0.607. The zero-order chi connectivity index (χ0) is 19.4. The van der Waals surface area contributed by atoms with Crippen molar-refractivity contribution >= 4 is 27.3 Å². The fraction of sp³-hybridized carbons (Fsp3) is 0.0526. The van der Waals surface area contributed by atoms with Crippen molar-refractivity contribution in [2.75, 3.05) is 10.0 Å². The largest absolute Gasteiger partial charge is 0.618 e. The molecule has 0 fully saturated rings. The quantitative estimate of drug-likeness (QED) is 0.522. The van der Waals surface area contributed by atoms with Gasteiger partial charge >= 0.3 is 5.91 Å². The fourth-order valence-corrected chi connectivity index (χ4v) is 3.55. The maximum atomic E-state index is 12.5. The second-order valence-corrected chi connectivity index (χ2v) is 7.50. The van der Waals surface area contributed by atoms with E-state index in [4.69, 9.17) is 0 Å². The summed E-state index contributed by atoms with van der Waals surface area (Å²) in [5.74, 6) is -0.591. The molecule has 0 unspecified atom stereocenters. The first-order valence-corrected chi connectivity index (χ1v) is 9.53. The monoisotopic (exact) mass is 383 g/mol. The number of anilines is 2. The maximum Gasteiger partial charge on any atom is 0.321 e. The molecular formula is C19H17N3O4S. The molecule has 3 rings (SSSR count). The molecule has 0 spiro atoms. The number of nitrogens with one attached hydrogen (secondary N) is 2. The maximum absolute atomic E-state index is 12.5. The molecule has 0 aliphatic heterocycles. The predicted octanol–water partition coefficient (Wildman–Crippen LogP) is 2.68.